The fourth-order valence-corrected chi connectivity index (χ4v) is 2.24. The fraction of sp³-hybridized carbons (Fsp3) is 0.714. The van der Waals surface area contributed by atoms with Gasteiger partial charge in [0.15, 0.2) is 5.78 Å². The number of ketones is 1. The summed E-state index contributed by atoms with van der Waals surface area (Å²) in [7, 11) is 0. The average Bonchev–Trinajstić information content (AvgIpc) is 3.04. The van der Waals surface area contributed by atoms with Crippen molar-refractivity contribution in [2.45, 2.75) is 45.6 Å². The number of nitrogens with zero attached hydrogens (tertiary/aromatic N) is 2. The number of rotatable bonds is 7. The van der Waals surface area contributed by atoms with Crippen LogP contribution >= 0.6 is 0 Å². The van der Waals surface area contributed by atoms with Crippen LogP contribution in [0.15, 0.2) is 12.4 Å². The number of carbonyl (C=O) groups is 1. The van der Waals surface area contributed by atoms with Gasteiger partial charge in [-0.25, -0.2) is 0 Å². The molecule has 2 rings (SSSR count). The van der Waals surface area contributed by atoms with Gasteiger partial charge < -0.3 is 4.74 Å². The maximum absolute atomic E-state index is 12.0. The van der Waals surface area contributed by atoms with Gasteiger partial charge in [-0.3, -0.25) is 9.48 Å². The van der Waals surface area contributed by atoms with E-state index in [9.17, 15) is 4.79 Å². The van der Waals surface area contributed by atoms with Gasteiger partial charge in [0, 0.05) is 32.4 Å². The first kappa shape index (κ1) is 13.3. The van der Waals surface area contributed by atoms with E-state index in [4.69, 9.17) is 4.74 Å². The summed E-state index contributed by atoms with van der Waals surface area (Å²) in [5, 5.41) is 4.23. The first-order valence-electron chi connectivity index (χ1n) is 6.93. The first-order chi connectivity index (χ1) is 8.79. The number of unbranched alkanes of at least 4 members (excludes halogenated alkanes) is 1. The highest BCUT2D eigenvalue weighted by molar-refractivity contribution is 5.95. The lowest BCUT2D eigenvalue weighted by Crippen LogP contribution is -2.05. The van der Waals surface area contributed by atoms with Crippen molar-refractivity contribution in [1.82, 2.24) is 9.78 Å². The lowest BCUT2D eigenvalue weighted by molar-refractivity contribution is 0.0971. The predicted octanol–water partition coefficient (Wildman–Crippen LogP) is 2.68. The molecule has 4 heteroatoms. The molecule has 1 aliphatic heterocycles. The monoisotopic (exact) mass is 250 g/mol. The van der Waals surface area contributed by atoms with E-state index < -0.39 is 0 Å². The summed E-state index contributed by atoms with van der Waals surface area (Å²) in [5.74, 6) is 0.786. The number of carbonyl (C=O) groups excluding carboxylic acids is 1. The van der Waals surface area contributed by atoms with Crippen LogP contribution < -0.4 is 0 Å². The SMILES string of the molecule is CCCCn1cc(C(=O)CCC2CCOC2)cn1. The van der Waals surface area contributed by atoms with Gasteiger partial charge in [0.25, 0.3) is 0 Å². The molecule has 100 valence electrons. The normalized spacial score (nSPS) is 19.3. The molecule has 0 N–H and O–H groups in total. The lowest BCUT2D eigenvalue weighted by atomic mass is 9.99. The zero-order chi connectivity index (χ0) is 12.8. The summed E-state index contributed by atoms with van der Waals surface area (Å²) in [6.45, 7) is 4.73. The van der Waals surface area contributed by atoms with Crippen molar-refractivity contribution in [3.8, 4) is 0 Å². The summed E-state index contributed by atoms with van der Waals surface area (Å²) in [5.41, 5.74) is 0.755. The molecule has 0 amide bonds. The molecular weight excluding hydrogens is 228 g/mol. The highest BCUT2D eigenvalue weighted by Gasteiger charge is 2.17. The Bertz CT molecular complexity index is 381. The van der Waals surface area contributed by atoms with Crippen LogP contribution in [0.5, 0.6) is 0 Å². The summed E-state index contributed by atoms with van der Waals surface area (Å²) >= 11 is 0. The van der Waals surface area contributed by atoms with Crippen LogP contribution in [0.1, 0.15) is 49.4 Å². The minimum Gasteiger partial charge on any atom is -0.381 e. The largest absolute Gasteiger partial charge is 0.381 e. The van der Waals surface area contributed by atoms with Crippen LogP contribution in [-0.4, -0.2) is 28.8 Å². The van der Waals surface area contributed by atoms with E-state index >= 15 is 0 Å². The highest BCUT2D eigenvalue weighted by atomic mass is 16.5. The molecule has 0 saturated carbocycles. The van der Waals surface area contributed by atoms with Gasteiger partial charge in [-0.1, -0.05) is 13.3 Å². The molecule has 0 spiro atoms. The first-order valence-corrected chi connectivity index (χ1v) is 6.93. The Labute approximate surface area is 108 Å². The number of Topliss-reactive ketones (excluding diaryl/α,β-unsaturated/α-hetero) is 1. The number of hydrogen-bond donors (Lipinski definition) is 0. The van der Waals surface area contributed by atoms with Gasteiger partial charge in [-0.2, -0.15) is 5.10 Å². The van der Waals surface area contributed by atoms with Crippen molar-refractivity contribution in [2.75, 3.05) is 13.2 Å². The van der Waals surface area contributed by atoms with E-state index in [0.29, 0.717) is 12.3 Å². The molecule has 2 heterocycles. The van der Waals surface area contributed by atoms with E-state index in [0.717, 1.165) is 51.0 Å². The standard InChI is InChI=1S/C14H22N2O2/c1-2-3-7-16-10-13(9-15-16)14(17)5-4-12-6-8-18-11-12/h9-10,12H,2-8,11H2,1H3. The number of aryl methyl sites for hydroxylation is 1. The molecule has 18 heavy (non-hydrogen) atoms. The van der Waals surface area contributed by atoms with Gasteiger partial charge in [-0.05, 0) is 25.2 Å². The van der Waals surface area contributed by atoms with E-state index in [-0.39, 0.29) is 5.78 Å². The number of ether oxygens (including phenoxy) is 1. The minimum atomic E-state index is 0.213. The Morgan fingerprint density at radius 2 is 2.50 bits per heavy atom. The Morgan fingerprint density at radius 1 is 1.61 bits per heavy atom. The number of aromatic nitrogens is 2. The molecule has 0 aromatic carbocycles. The third-order valence-electron chi connectivity index (χ3n) is 3.50. The predicted molar refractivity (Wildman–Crippen MR) is 69.6 cm³/mol. The van der Waals surface area contributed by atoms with E-state index in [1.807, 2.05) is 10.9 Å². The third-order valence-corrected chi connectivity index (χ3v) is 3.50. The maximum Gasteiger partial charge on any atom is 0.166 e. The van der Waals surface area contributed by atoms with Crippen molar-refractivity contribution in [3.05, 3.63) is 18.0 Å². The summed E-state index contributed by atoms with van der Waals surface area (Å²) in [6.07, 6.45) is 8.49. The summed E-state index contributed by atoms with van der Waals surface area (Å²) < 4.78 is 7.19. The zero-order valence-electron chi connectivity index (χ0n) is 11.1. The van der Waals surface area contributed by atoms with E-state index in [1.165, 1.54) is 0 Å². The molecule has 1 saturated heterocycles. The van der Waals surface area contributed by atoms with Gasteiger partial charge in [0.1, 0.15) is 0 Å². The zero-order valence-corrected chi connectivity index (χ0v) is 11.1. The molecule has 0 aliphatic carbocycles. The molecule has 4 nitrogen and oxygen atoms in total. The highest BCUT2D eigenvalue weighted by Crippen LogP contribution is 2.19. The Hall–Kier alpha value is -1.16. The lowest BCUT2D eigenvalue weighted by Gasteiger charge is -2.04. The molecule has 1 unspecified atom stereocenters. The molecule has 1 aromatic rings. The van der Waals surface area contributed by atoms with Crippen molar-refractivity contribution in [2.24, 2.45) is 5.92 Å². The van der Waals surface area contributed by atoms with Crippen LogP contribution in [0.25, 0.3) is 0 Å². The third kappa shape index (κ3) is 3.67. The van der Waals surface area contributed by atoms with Crippen LogP contribution in [0, 0.1) is 5.92 Å². The Balaban J connectivity index is 1.78. The molecule has 1 aromatic heterocycles. The maximum atomic E-state index is 12.0. The minimum absolute atomic E-state index is 0.213. The topological polar surface area (TPSA) is 44.1 Å². The molecule has 1 fully saturated rings. The van der Waals surface area contributed by atoms with Gasteiger partial charge in [-0.15, -0.1) is 0 Å². The Kier molecular flexibility index (Phi) is 4.93. The van der Waals surface area contributed by atoms with Crippen molar-refractivity contribution >= 4 is 5.78 Å². The average molecular weight is 250 g/mol. The summed E-state index contributed by atoms with van der Waals surface area (Å²) in [4.78, 5) is 12.0. The van der Waals surface area contributed by atoms with Crippen LogP contribution in [0.2, 0.25) is 0 Å². The van der Waals surface area contributed by atoms with Crippen LogP contribution in [-0.2, 0) is 11.3 Å². The second-order valence-corrected chi connectivity index (χ2v) is 5.04. The second kappa shape index (κ2) is 6.69. The molecule has 1 atom stereocenters. The smallest absolute Gasteiger partial charge is 0.166 e. The molecule has 1 aliphatic rings. The molecule has 0 radical (unpaired) electrons. The van der Waals surface area contributed by atoms with Crippen molar-refractivity contribution in [1.29, 1.82) is 0 Å². The molecular formula is C14H22N2O2. The Morgan fingerprint density at radius 3 is 3.22 bits per heavy atom. The molecule has 0 bridgehead atoms. The van der Waals surface area contributed by atoms with E-state index in [1.54, 1.807) is 6.20 Å². The fourth-order valence-electron chi connectivity index (χ4n) is 2.24. The van der Waals surface area contributed by atoms with Crippen LogP contribution in [0.3, 0.4) is 0 Å². The van der Waals surface area contributed by atoms with Crippen molar-refractivity contribution in [3.63, 3.8) is 0 Å². The summed E-state index contributed by atoms with van der Waals surface area (Å²) in [6, 6.07) is 0. The van der Waals surface area contributed by atoms with Gasteiger partial charge >= 0.3 is 0 Å². The number of hydrogen-bond acceptors (Lipinski definition) is 3. The quantitative estimate of drug-likeness (QED) is 0.699. The van der Waals surface area contributed by atoms with Crippen LogP contribution in [0.4, 0.5) is 0 Å². The second-order valence-electron chi connectivity index (χ2n) is 5.04. The van der Waals surface area contributed by atoms with Crippen molar-refractivity contribution < 1.29 is 9.53 Å². The van der Waals surface area contributed by atoms with Gasteiger partial charge in [0.05, 0.1) is 11.8 Å². The van der Waals surface area contributed by atoms with Gasteiger partial charge in [0.2, 0.25) is 0 Å². The van der Waals surface area contributed by atoms with E-state index in [2.05, 4.69) is 12.0 Å².